The highest BCUT2D eigenvalue weighted by atomic mass is 16.1. The van der Waals surface area contributed by atoms with Gasteiger partial charge in [0.25, 0.3) is 11.9 Å². The van der Waals surface area contributed by atoms with Crippen LogP contribution in [0.5, 0.6) is 0 Å². The average Bonchev–Trinajstić information content (AvgIpc) is 2.76. The molecule has 0 aliphatic carbocycles. The molecule has 2 rings (SSSR count). The summed E-state index contributed by atoms with van der Waals surface area (Å²) in [4.78, 5) is 13.1. The minimum Gasteiger partial charge on any atom is -0.385 e. The first-order chi connectivity index (χ1) is 8.69. The van der Waals surface area contributed by atoms with Gasteiger partial charge in [0, 0.05) is 17.8 Å². The van der Waals surface area contributed by atoms with E-state index in [0.717, 1.165) is 12.2 Å². The Bertz CT molecular complexity index is 533. The topological polar surface area (TPSA) is 84.7 Å². The van der Waals surface area contributed by atoms with Crippen LogP contribution in [0.1, 0.15) is 17.3 Å². The Balaban J connectivity index is 2.04. The molecule has 0 radical (unpaired) electrons. The van der Waals surface area contributed by atoms with Crippen LogP contribution >= 0.6 is 0 Å². The van der Waals surface area contributed by atoms with Gasteiger partial charge in [0.05, 0.1) is 7.05 Å². The smallest absolute Gasteiger partial charge is 0.270 e. The SMILES string of the molecule is CCNc1ccc(C(=O)Nc2nnn(C)n2)cc1. The van der Waals surface area contributed by atoms with Crippen LogP contribution in [0.15, 0.2) is 24.3 Å². The summed E-state index contributed by atoms with van der Waals surface area (Å²) in [7, 11) is 1.63. The number of rotatable bonds is 4. The monoisotopic (exact) mass is 246 g/mol. The van der Waals surface area contributed by atoms with Crippen LogP contribution in [0.3, 0.4) is 0 Å². The Kier molecular flexibility index (Phi) is 3.52. The van der Waals surface area contributed by atoms with E-state index in [4.69, 9.17) is 0 Å². The lowest BCUT2D eigenvalue weighted by Crippen LogP contribution is -2.13. The number of aromatic nitrogens is 4. The van der Waals surface area contributed by atoms with E-state index >= 15 is 0 Å². The second-order valence-corrected chi connectivity index (χ2v) is 3.66. The molecule has 0 fully saturated rings. The fourth-order valence-electron chi connectivity index (χ4n) is 1.45. The van der Waals surface area contributed by atoms with E-state index in [0.29, 0.717) is 5.56 Å². The summed E-state index contributed by atoms with van der Waals surface area (Å²) in [6.07, 6.45) is 0. The maximum atomic E-state index is 11.8. The van der Waals surface area contributed by atoms with Gasteiger partial charge in [-0.3, -0.25) is 10.1 Å². The molecule has 0 atom stereocenters. The van der Waals surface area contributed by atoms with Crippen LogP contribution in [-0.4, -0.2) is 32.7 Å². The number of aryl methyl sites for hydroxylation is 1. The lowest BCUT2D eigenvalue weighted by molar-refractivity contribution is 0.102. The van der Waals surface area contributed by atoms with E-state index in [2.05, 4.69) is 26.0 Å². The van der Waals surface area contributed by atoms with Gasteiger partial charge in [0.15, 0.2) is 0 Å². The van der Waals surface area contributed by atoms with Crippen molar-refractivity contribution in [1.82, 2.24) is 20.2 Å². The largest absolute Gasteiger partial charge is 0.385 e. The van der Waals surface area contributed by atoms with Crippen LogP contribution in [0, 0.1) is 0 Å². The number of anilines is 2. The zero-order chi connectivity index (χ0) is 13.0. The number of hydrogen-bond donors (Lipinski definition) is 2. The van der Waals surface area contributed by atoms with E-state index in [9.17, 15) is 4.79 Å². The van der Waals surface area contributed by atoms with Crippen molar-refractivity contribution in [2.75, 3.05) is 17.2 Å². The van der Waals surface area contributed by atoms with Crippen molar-refractivity contribution in [2.24, 2.45) is 7.05 Å². The number of amides is 1. The highest BCUT2D eigenvalue weighted by Gasteiger charge is 2.08. The molecule has 0 bridgehead atoms. The summed E-state index contributed by atoms with van der Waals surface area (Å²) in [5, 5.41) is 16.9. The van der Waals surface area contributed by atoms with Gasteiger partial charge in [0.1, 0.15) is 0 Å². The molecule has 0 saturated carbocycles. The number of carbonyl (C=O) groups is 1. The summed E-state index contributed by atoms with van der Waals surface area (Å²) in [6.45, 7) is 2.86. The summed E-state index contributed by atoms with van der Waals surface area (Å²) >= 11 is 0. The van der Waals surface area contributed by atoms with Gasteiger partial charge in [0.2, 0.25) is 0 Å². The van der Waals surface area contributed by atoms with Gasteiger partial charge in [-0.15, -0.1) is 5.10 Å². The van der Waals surface area contributed by atoms with Crippen molar-refractivity contribution in [2.45, 2.75) is 6.92 Å². The van der Waals surface area contributed by atoms with Gasteiger partial charge in [-0.2, -0.15) is 4.80 Å². The summed E-state index contributed by atoms with van der Waals surface area (Å²) in [6, 6.07) is 7.18. The molecule has 7 nitrogen and oxygen atoms in total. The highest BCUT2D eigenvalue weighted by Crippen LogP contribution is 2.10. The first-order valence-corrected chi connectivity index (χ1v) is 5.58. The molecule has 0 saturated heterocycles. The molecule has 0 aliphatic heterocycles. The summed E-state index contributed by atoms with van der Waals surface area (Å²) in [5.74, 6) is -0.0655. The Morgan fingerprint density at radius 1 is 1.33 bits per heavy atom. The van der Waals surface area contributed by atoms with Crippen molar-refractivity contribution >= 4 is 17.5 Å². The molecule has 1 aromatic heterocycles. The third kappa shape index (κ3) is 2.82. The minimum atomic E-state index is -0.258. The lowest BCUT2D eigenvalue weighted by Gasteiger charge is -2.04. The molecule has 0 spiro atoms. The number of nitrogens with one attached hydrogen (secondary N) is 2. The fourth-order valence-corrected chi connectivity index (χ4v) is 1.45. The Morgan fingerprint density at radius 2 is 2.06 bits per heavy atom. The molecular formula is C11H14N6O. The van der Waals surface area contributed by atoms with Gasteiger partial charge >= 0.3 is 0 Å². The molecule has 1 amide bonds. The van der Waals surface area contributed by atoms with Gasteiger partial charge < -0.3 is 5.32 Å². The maximum absolute atomic E-state index is 11.8. The van der Waals surface area contributed by atoms with Crippen molar-refractivity contribution < 1.29 is 4.79 Å². The summed E-state index contributed by atoms with van der Waals surface area (Å²) < 4.78 is 0. The maximum Gasteiger partial charge on any atom is 0.270 e. The molecule has 1 aromatic carbocycles. The highest BCUT2D eigenvalue weighted by molar-refractivity contribution is 6.03. The summed E-state index contributed by atoms with van der Waals surface area (Å²) in [5.41, 5.74) is 1.52. The average molecular weight is 246 g/mol. The molecule has 0 aliphatic rings. The van der Waals surface area contributed by atoms with E-state index in [1.54, 1.807) is 19.2 Å². The molecule has 2 aromatic rings. The molecular weight excluding hydrogens is 232 g/mol. The standard InChI is InChI=1S/C11H14N6O/c1-3-12-9-6-4-8(5-7-9)10(18)13-11-14-16-17(2)15-11/h4-7,12H,3H2,1-2H3,(H,13,15,18). The predicted octanol–water partition coefficient (Wildman–Crippen LogP) is 0.894. The van der Waals surface area contributed by atoms with Crippen LogP contribution in [-0.2, 0) is 7.05 Å². The molecule has 1 heterocycles. The number of tetrazole rings is 1. The van der Waals surface area contributed by atoms with Gasteiger partial charge in [-0.1, -0.05) is 5.10 Å². The first kappa shape index (κ1) is 12.0. The van der Waals surface area contributed by atoms with E-state index < -0.39 is 0 Å². The Labute approximate surface area is 104 Å². The number of benzene rings is 1. The number of hydrogen-bond acceptors (Lipinski definition) is 5. The van der Waals surface area contributed by atoms with E-state index in [-0.39, 0.29) is 11.9 Å². The Hall–Kier alpha value is -2.44. The van der Waals surface area contributed by atoms with E-state index in [1.165, 1.54) is 4.80 Å². The van der Waals surface area contributed by atoms with Crippen LogP contribution in [0.4, 0.5) is 11.6 Å². The van der Waals surface area contributed by atoms with E-state index in [1.807, 2.05) is 19.1 Å². The molecule has 0 unspecified atom stereocenters. The molecule has 94 valence electrons. The number of carbonyl (C=O) groups excluding carboxylic acids is 1. The van der Waals surface area contributed by atoms with Crippen LogP contribution < -0.4 is 10.6 Å². The number of nitrogens with zero attached hydrogens (tertiary/aromatic N) is 4. The first-order valence-electron chi connectivity index (χ1n) is 5.58. The second kappa shape index (κ2) is 5.26. The third-order valence-corrected chi connectivity index (χ3v) is 2.26. The minimum absolute atomic E-state index is 0.193. The van der Waals surface area contributed by atoms with Gasteiger partial charge in [-0.25, -0.2) is 0 Å². The van der Waals surface area contributed by atoms with Crippen molar-refractivity contribution in [1.29, 1.82) is 0 Å². The molecule has 7 heteroatoms. The zero-order valence-corrected chi connectivity index (χ0v) is 10.2. The normalized spacial score (nSPS) is 10.1. The van der Waals surface area contributed by atoms with Crippen LogP contribution in [0.25, 0.3) is 0 Å². The second-order valence-electron chi connectivity index (χ2n) is 3.66. The molecule has 2 N–H and O–H groups in total. The quantitative estimate of drug-likeness (QED) is 0.837. The lowest BCUT2D eigenvalue weighted by atomic mass is 10.2. The zero-order valence-electron chi connectivity index (χ0n) is 10.2. The molecule has 18 heavy (non-hydrogen) atoms. The van der Waals surface area contributed by atoms with Crippen molar-refractivity contribution in [3.05, 3.63) is 29.8 Å². The van der Waals surface area contributed by atoms with Crippen molar-refractivity contribution in [3.63, 3.8) is 0 Å². The predicted molar refractivity (Wildman–Crippen MR) is 67.4 cm³/mol. The van der Waals surface area contributed by atoms with Gasteiger partial charge in [-0.05, 0) is 36.4 Å². The van der Waals surface area contributed by atoms with Crippen LogP contribution in [0.2, 0.25) is 0 Å². The van der Waals surface area contributed by atoms with Crippen molar-refractivity contribution in [3.8, 4) is 0 Å². The fraction of sp³-hybridized carbons (Fsp3) is 0.273. The Morgan fingerprint density at radius 3 is 2.61 bits per heavy atom. The third-order valence-electron chi connectivity index (χ3n) is 2.26.